The maximum Gasteiger partial charge on any atom is 0.273 e. The molecular formula is C17H17Cl2N3O5S. The quantitative estimate of drug-likeness (QED) is 0.611. The number of hydrazine groups is 1. The highest BCUT2D eigenvalue weighted by Crippen LogP contribution is 2.30. The number of benzene rings is 1. The molecule has 0 saturated heterocycles. The lowest BCUT2D eigenvalue weighted by molar-refractivity contribution is 0.0845. The van der Waals surface area contributed by atoms with Gasteiger partial charge in [-0.25, -0.2) is 13.1 Å². The molecule has 28 heavy (non-hydrogen) atoms. The van der Waals surface area contributed by atoms with Crippen LogP contribution >= 0.6 is 23.2 Å². The number of nitrogens with one attached hydrogen (secondary N) is 3. The lowest BCUT2D eigenvalue weighted by Crippen LogP contribution is -2.42. The van der Waals surface area contributed by atoms with Crippen LogP contribution in [0.4, 0.5) is 0 Å². The van der Waals surface area contributed by atoms with E-state index in [0.29, 0.717) is 11.5 Å². The Morgan fingerprint density at radius 2 is 1.61 bits per heavy atom. The van der Waals surface area contributed by atoms with Gasteiger partial charge < -0.3 is 4.42 Å². The van der Waals surface area contributed by atoms with Gasteiger partial charge in [0.1, 0.15) is 16.4 Å². The molecule has 1 heterocycles. The molecule has 8 nitrogen and oxygen atoms in total. The number of hydrogen-bond donors (Lipinski definition) is 3. The van der Waals surface area contributed by atoms with E-state index in [-0.39, 0.29) is 32.1 Å². The van der Waals surface area contributed by atoms with Gasteiger partial charge in [0, 0.05) is 6.04 Å². The van der Waals surface area contributed by atoms with Crippen LogP contribution < -0.4 is 15.6 Å². The molecule has 2 aromatic rings. The number of hydrogen-bond acceptors (Lipinski definition) is 5. The fraction of sp³-hybridized carbons (Fsp3) is 0.294. The molecule has 0 bridgehead atoms. The summed E-state index contributed by atoms with van der Waals surface area (Å²) in [5.41, 5.74) is 4.55. The van der Waals surface area contributed by atoms with Crippen LogP contribution in [0.2, 0.25) is 10.0 Å². The van der Waals surface area contributed by atoms with Crippen molar-refractivity contribution in [3.8, 4) is 0 Å². The zero-order chi connectivity index (χ0) is 20.6. The normalized spacial score (nSPS) is 14.0. The van der Waals surface area contributed by atoms with Crippen molar-refractivity contribution in [1.82, 2.24) is 15.6 Å². The van der Waals surface area contributed by atoms with Crippen molar-refractivity contribution >= 4 is 45.0 Å². The van der Waals surface area contributed by atoms with Gasteiger partial charge in [-0.05, 0) is 44.9 Å². The van der Waals surface area contributed by atoms with Gasteiger partial charge in [0.2, 0.25) is 10.0 Å². The molecule has 0 aliphatic heterocycles. The van der Waals surface area contributed by atoms with Gasteiger partial charge in [-0.15, -0.1) is 0 Å². The molecule has 11 heteroatoms. The van der Waals surface area contributed by atoms with Crippen LogP contribution in [0.3, 0.4) is 0 Å². The first-order chi connectivity index (χ1) is 13.1. The van der Waals surface area contributed by atoms with E-state index in [2.05, 4.69) is 15.6 Å². The summed E-state index contributed by atoms with van der Waals surface area (Å²) >= 11 is 12.0. The number of carbonyl (C=O) groups is 2. The van der Waals surface area contributed by atoms with Crippen LogP contribution in [-0.2, 0) is 10.0 Å². The van der Waals surface area contributed by atoms with Crippen molar-refractivity contribution in [2.45, 2.75) is 37.6 Å². The summed E-state index contributed by atoms with van der Waals surface area (Å²) in [6, 6.07) is 3.64. The molecule has 0 spiro atoms. The molecule has 3 rings (SSSR count). The maximum absolute atomic E-state index is 12.4. The first kappa shape index (κ1) is 20.7. The van der Waals surface area contributed by atoms with Crippen LogP contribution in [0.1, 0.15) is 45.1 Å². The van der Waals surface area contributed by atoms with E-state index in [0.717, 1.165) is 18.9 Å². The van der Waals surface area contributed by atoms with E-state index in [1.807, 2.05) is 0 Å². The highest BCUT2D eigenvalue weighted by atomic mass is 35.5. The summed E-state index contributed by atoms with van der Waals surface area (Å²) < 4.78 is 32.6. The average Bonchev–Trinajstić information content (AvgIpc) is 3.33. The monoisotopic (exact) mass is 445 g/mol. The third-order valence-electron chi connectivity index (χ3n) is 4.03. The molecule has 1 saturated carbocycles. The van der Waals surface area contributed by atoms with Gasteiger partial charge in [-0.2, -0.15) is 0 Å². The Balaban J connectivity index is 1.78. The molecule has 2 amide bonds. The average molecular weight is 446 g/mol. The van der Waals surface area contributed by atoms with Gasteiger partial charge in [0.15, 0.2) is 0 Å². The Labute approximate surface area is 171 Å². The Hall–Kier alpha value is -2.07. The predicted octanol–water partition coefficient (Wildman–Crippen LogP) is 2.72. The number of amides is 2. The first-order valence-electron chi connectivity index (χ1n) is 8.27. The number of halogens is 2. The third kappa shape index (κ3) is 4.49. The predicted molar refractivity (Wildman–Crippen MR) is 103 cm³/mol. The minimum absolute atomic E-state index is 0.0579. The number of carbonyl (C=O) groups excluding carboxylic acids is 2. The molecule has 1 aliphatic rings. The summed E-state index contributed by atoms with van der Waals surface area (Å²) in [7, 11) is -3.90. The molecular weight excluding hydrogens is 429 g/mol. The van der Waals surface area contributed by atoms with E-state index >= 15 is 0 Å². The van der Waals surface area contributed by atoms with Crippen LogP contribution in [0, 0.1) is 13.8 Å². The fourth-order valence-electron chi connectivity index (χ4n) is 2.50. The zero-order valence-electron chi connectivity index (χ0n) is 14.9. The number of furan rings is 1. The lowest BCUT2D eigenvalue weighted by atomic mass is 10.2. The molecule has 0 unspecified atom stereocenters. The smallest absolute Gasteiger partial charge is 0.273 e. The second-order valence-corrected chi connectivity index (χ2v) is 8.89. The van der Waals surface area contributed by atoms with Gasteiger partial charge in [-0.1, -0.05) is 23.2 Å². The van der Waals surface area contributed by atoms with E-state index in [9.17, 15) is 18.0 Å². The van der Waals surface area contributed by atoms with Gasteiger partial charge in [-0.3, -0.25) is 20.4 Å². The largest absolute Gasteiger partial charge is 0.466 e. The highest BCUT2D eigenvalue weighted by molar-refractivity contribution is 7.89. The topological polar surface area (TPSA) is 118 Å². The summed E-state index contributed by atoms with van der Waals surface area (Å²) in [4.78, 5) is 24.3. The van der Waals surface area contributed by atoms with Crippen LogP contribution in [0.15, 0.2) is 27.5 Å². The Morgan fingerprint density at radius 1 is 1.00 bits per heavy atom. The minimum atomic E-state index is -3.90. The van der Waals surface area contributed by atoms with Crippen molar-refractivity contribution in [2.75, 3.05) is 0 Å². The van der Waals surface area contributed by atoms with Crippen molar-refractivity contribution in [3.63, 3.8) is 0 Å². The SMILES string of the molecule is Cc1cc(C(=O)NNC(=O)c2cc(S(=O)(=O)NC3CC3)c(Cl)cc2Cl)c(C)o1. The van der Waals surface area contributed by atoms with E-state index in [1.165, 1.54) is 12.1 Å². The third-order valence-corrected chi connectivity index (χ3v) is 6.33. The van der Waals surface area contributed by atoms with Crippen LogP contribution in [0.5, 0.6) is 0 Å². The molecule has 0 radical (unpaired) electrons. The van der Waals surface area contributed by atoms with E-state index in [4.69, 9.17) is 27.6 Å². The number of rotatable bonds is 5. The number of aryl methyl sites for hydroxylation is 2. The van der Waals surface area contributed by atoms with Crippen molar-refractivity contribution in [2.24, 2.45) is 0 Å². The standard InChI is InChI=1S/C17H17Cl2N3O5S/c1-8-5-11(9(2)27-8)16(23)20-21-17(24)12-6-15(14(19)7-13(12)18)28(25,26)22-10-3-4-10/h5-7,10,22H,3-4H2,1-2H3,(H,20,23)(H,21,24). The fourth-order valence-corrected chi connectivity index (χ4v) is 4.66. The summed E-state index contributed by atoms with van der Waals surface area (Å²) in [5.74, 6) is -0.437. The van der Waals surface area contributed by atoms with Crippen molar-refractivity contribution in [3.05, 3.63) is 50.9 Å². The molecule has 3 N–H and O–H groups in total. The first-order valence-corrected chi connectivity index (χ1v) is 10.5. The van der Waals surface area contributed by atoms with Crippen LogP contribution in [0.25, 0.3) is 0 Å². The summed E-state index contributed by atoms with van der Waals surface area (Å²) in [6.07, 6.45) is 1.49. The molecule has 1 fully saturated rings. The van der Waals surface area contributed by atoms with Crippen molar-refractivity contribution < 1.29 is 22.4 Å². The lowest BCUT2D eigenvalue weighted by Gasteiger charge is -2.12. The van der Waals surface area contributed by atoms with Gasteiger partial charge in [0.05, 0.1) is 21.2 Å². The molecule has 1 aromatic carbocycles. The Bertz CT molecular complexity index is 1060. The molecule has 0 atom stereocenters. The minimum Gasteiger partial charge on any atom is -0.466 e. The number of sulfonamides is 1. The second-order valence-electron chi connectivity index (χ2n) is 6.39. The molecule has 1 aromatic heterocycles. The van der Waals surface area contributed by atoms with E-state index in [1.54, 1.807) is 13.8 Å². The van der Waals surface area contributed by atoms with E-state index < -0.39 is 21.8 Å². The maximum atomic E-state index is 12.4. The van der Waals surface area contributed by atoms with Crippen molar-refractivity contribution in [1.29, 1.82) is 0 Å². The van der Waals surface area contributed by atoms with Gasteiger partial charge >= 0.3 is 0 Å². The summed E-state index contributed by atoms with van der Waals surface area (Å²) in [6.45, 7) is 3.30. The Morgan fingerprint density at radius 3 is 2.14 bits per heavy atom. The molecule has 150 valence electrons. The van der Waals surface area contributed by atoms with Crippen LogP contribution in [-0.4, -0.2) is 26.3 Å². The Kier molecular flexibility index (Phi) is 5.72. The highest BCUT2D eigenvalue weighted by Gasteiger charge is 2.30. The van der Waals surface area contributed by atoms with Gasteiger partial charge in [0.25, 0.3) is 11.8 Å². The summed E-state index contributed by atoms with van der Waals surface area (Å²) in [5, 5.41) is -0.166. The second kappa shape index (κ2) is 7.75. The molecule has 1 aliphatic carbocycles. The zero-order valence-corrected chi connectivity index (χ0v) is 17.3.